The normalized spacial score (nSPS) is 13.1. The number of methoxy groups -OCH3 is 2. The number of aromatic nitrogens is 2. The molecular weight excluding hydrogens is 434 g/mol. The number of carbonyl (C=O) groups excluding carboxylic acids is 1. The number of rotatable bonds is 7. The average molecular weight is 460 g/mol. The van der Waals surface area contributed by atoms with E-state index < -0.39 is 0 Å². The van der Waals surface area contributed by atoms with Crippen molar-refractivity contribution in [2.24, 2.45) is 0 Å². The number of carbonyl (C=O) groups is 1. The molecule has 31 heavy (non-hydrogen) atoms. The van der Waals surface area contributed by atoms with E-state index >= 15 is 0 Å². The van der Waals surface area contributed by atoms with Crippen LogP contribution in [0.25, 0.3) is 10.2 Å². The van der Waals surface area contributed by atoms with Gasteiger partial charge >= 0.3 is 0 Å². The number of amides is 1. The quantitative estimate of drug-likeness (QED) is 0.423. The van der Waals surface area contributed by atoms with Gasteiger partial charge in [0.15, 0.2) is 16.7 Å². The standard InChI is InChI=1S/C22H25N3O4S2/c1-4-25-21(27)19-14-7-5-6-8-17(14)31-20(19)24-22(25)30-12-18(26)23-13-9-10-15(28-2)16(11-13)29-3/h9-11H,4-8,12H2,1-3H3,(H,23,26). The van der Waals surface area contributed by atoms with Gasteiger partial charge in [-0.2, -0.15) is 0 Å². The Balaban J connectivity index is 1.53. The maximum atomic E-state index is 13.2. The van der Waals surface area contributed by atoms with Gasteiger partial charge in [-0.3, -0.25) is 14.2 Å². The fourth-order valence-electron chi connectivity index (χ4n) is 3.85. The second kappa shape index (κ2) is 9.32. The van der Waals surface area contributed by atoms with Crippen molar-refractivity contribution in [3.8, 4) is 11.5 Å². The van der Waals surface area contributed by atoms with E-state index in [-0.39, 0.29) is 17.2 Å². The van der Waals surface area contributed by atoms with Crippen LogP contribution in [0.4, 0.5) is 5.69 Å². The number of nitrogens with one attached hydrogen (secondary N) is 1. The Kier molecular flexibility index (Phi) is 6.52. The summed E-state index contributed by atoms with van der Waals surface area (Å²) in [5.74, 6) is 1.11. The number of nitrogens with zero attached hydrogens (tertiary/aromatic N) is 2. The maximum Gasteiger partial charge on any atom is 0.263 e. The summed E-state index contributed by atoms with van der Waals surface area (Å²) in [6.45, 7) is 2.45. The first-order valence-electron chi connectivity index (χ1n) is 10.3. The molecule has 2 heterocycles. The lowest BCUT2D eigenvalue weighted by atomic mass is 9.97. The van der Waals surface area contributed by atoms with Crippen LogP contribution in [0.1, 0.15) is 30.2 Å². The molecule has 0 spiro atoms. The van der Waals surface area contributed by atoms with Gasteiger partial charge in [0.25, 0.3) is 5.56 Å². The molecule has 7 nitrogen and oxygen atoms in total. The van der Waals surface area contributed by atoms with Crippen molar-refractivity contribution in [1.82, 2.24) is 9.55 Å². The second-order valence-corrected chi connectivity index (χ2v) is 9.27. The Labute approximate surface area is 188 Å². The predicted molar refractivity (Wildman–Crippen MR) is 125 cm³/mol. The van der Waals surface area contributed by atoms with Gasteiger partial charge in [0.1, 0.15) is 4.83 Å². The van der Waals surface area contributed by atoms with Crippen molar-refractivity contribution in [3.63, 3.8) is 0 Å². The van der Waals surface area contributed by atoms with Crippen LogP contribution in [-0.2, 0) is 24.2 Å². The van der Waals surface area contributed by atoms with Crippen molar-refractivity contribution < 1.29 is 14.3 Å². The van der Waals surface area contributed by atoms with Crippen molar-refractivity contribution in [2.45, 2.75) is 44.3 Å². The predicted octanol–water partition coefficient (Wildman–Crippen LogP) is 4.10. The molecule has 0 radical (unpaired) electrons. The molecule has 2 aromatic heterocycles. The minimum absolute atomic E-state index is 0.00898. The Morgan fingerprint density at radius 1 is 1.23 bits per heavy atom. The molecule has 0 atom stereocenters. The molecule has 1 aliphatic rings. The van der Waals surface area contributed by atoms with Crippen LogP contribution < -0.4 is 20.3 Å². The zero-order chi connectivity index (χ0) is 22.0. The lowest BCUT2D eigenvalue weighted by molar-refractivity contribution is -0.113. The van der Waals surface area contributed by atoms with E-state index in [0.29, 0.717) is 28.9 Å². The minimum atomic E-state index is -0.181. The monoisotopic (exact) mass is 459 g/mol. The van der Waals surface area contributed by atoms with E-state index in [9.17, 15) is 9.59 Å². The van der Waals surface area contributed by atoms with Gasteiger partial charge in [-0.25, -0.2) is 4.98 Å². The summed E-state index contributed by atoms with van der Waals surface area (Å²) in [6, 6.07) is 5.21. The highest BCUT2D eigenvalue weighted by molar-refractivity contribution is 7.99. The van der Waals surface area contributed by atoms with Crippen molar-refractivity contribution in [1.29, 1.82) is 0 Å². The molecule has 1 N–H and O–H groups in total. The highest BCUT2D eigenvalue weighted by atomic mass is 32.2. The molecule has 9 heteroatoms. The van der Waals surface area contributed by atoms with Gasteiger partial charge in [-0.1, -0.05) is 11.8 Å². The first-order valence-corrected chi connectivity index (χ1v) is 12.1. The summed E-state index contributed by atoms with van der Waals surface area (Å²) in [5, 5.41) is 4.22. The third kappa shape index (κ3) is 4.29. The molecular formula is C22H25N3O4S2. The Hall–Kier alpha value is -2.52. The van der Waals surface area contributed by atoms with E-state index in [1.807, 2.05) is 6.92 Å². The second-order valence-electron chi connectivity index (χ2n) is 7.24. The van der Waals surface area contributed by atoms with E-state index in [0.717, 1.165) is 29.5 Å². The zero-order valence-electron chi connectivity index (χ0n) is 17.8. The number of thiophene rings is 1. The van der Waals surface area contributed by atoms with Crippen LogP contribution in [0.2, 0.25) is 0 Å². The van der Waals surface area contributed by atoms with Crippen LogP contribution in [0.5, 0.6) is 11.5 Å². The van der Waals surface area contributed by atoms with Gasteiger partial charge in [-0.05, 0) is 50.3 Å². The van der Waals surface area contributed by atoms with Crippen LogP contribution in [-0.4, -0.2) is 35.4 Å². The third-order valence-corrected chi connectivity index (χ3v) is 7.52. The van der Waals surface area contributed by atoms with Crippen LogP contribution in [0.15, 0.2) is 28.2 Å². The smallest absolute Gasteiger partial charge is 0.263 e. The van der Waals surface area contributed by atoms with Gasteiger partial charge in [0, 0.05) is 23.2 Å². The summed E-state index contributed by atoms with van der Waals surface area (Å²) < 4.78 is 12.2. The molecule has 0 saturated carbocycles. The molecule has 3 aromatic rings. The number of fused-ring (bicyclic) bond motifs is 3. The van der Waals surface area contributed by atoms with Gasteiger partial charge in [0.05, 0.1) is 25.4 Å². The highest BCUT2D eigenvalue weighted by Crippen LogP contribution is 2.35. The summed E-state index contributed by atoms with van der Waals surface area (Å²) in [5.41, 5.74) is 1.81. The first-order chi connectivity index (χ1) is 15.0. The summed E-state index contributed by atoms with van der Waals surface area (Å²) in [4.78, 5) is 32.6. The largest absolute Gasteiger partial charge is 0.493 e. The highest BCUT2D eigenvalue weighted by Gasteiger charge is 2.22. The van der Waals surface area contributed by atoms with Crippen LogP contribution in [0, 0.1) is 0 Å². The molecule has 1 amide bonds. The maximum absolute atomic E-state index is 13.2. The molecule has 0 aliphatic heterocycles. The number of thioether (sulfide) groups is 1. The summed E-state index contributed by atoms with van der Waals surface area (Å²) in [6.07, 6.45) is 4.27. The molecule has 0 fully saturated rings. The van der Waals surface area contributed by atoms with E-state index in [4.69, 9.17) is 14.5 Å². The first kappa shape index (κ1) is 21.7. The Morgan fingerprint density at radius 3 is 2.74 bits per heavy atom. The van der Waals surface area contributed by atoms with Crippen LogP contribution >= 0.6 is 23.1 Å². The van der Waals surface area contributed by atoms with Crippen LogP contribution in [0.3, 0.4) is 0 Å². The lowest BCUT2D eigenvalue weighted by Gasteiger charge is -2.12. The molecule has 1 aliphatic carbocycles. The molecule has 0 saturated heterocycles. The minimum Gasteiger partial charge on any atom is -0.493 e. The SMILES string of the molecule is CCn1c(SCC(=O)Nc2ccc(OC)c(OC)c2)nc2sc3c(c2c1=O)CCCC3. The number of benzene rings is 1. The molecule has 0 bridgehead atoms. The number of aryl methyl sites for hydroxylation is 2. The van der Waals surface area contributed by atoms with E-state index in [1.54, 1.807) is 48.3 Å². The van der Waals surface area contributed by atoms with Gasteiger partial charge in [-0.15, -0.1) is 11.3 Å². The van der Waals surface area contributed by atoms with E-state index in [1.165, 1.54) is 28.6 Å². The number of anilines is 1. The summed E-state index contributed by atoms with van der Waals surface area (Å²) >= 11 is 2.91. The van der Waals surface area contributed by atoms with E-state index in [2.05, 4.69) is 5.32 Å². The molecule has 1 aromatic carbocycles. The van der Waals surface area contributed by atoms with Gasteiger partial charge < -0.3 is 14.8 Å². The zero-order valence-corrected chi connectivity index (χ0v) is 19.5. The number of hydrogen-bond acceptors (Lipinski definition) is 7. The lowest BCUT2D eigenvalue weighted by Crippen LogP contribution is -2.24. The van der Waals surface area contributed by atoms with Crippen molar-refractivity contribution in [3.05, 3.63) is 39.0 Å². The van der Waals surface area contributed by atoms with Crippen molar-refractivity contribution in [2.75, 3.05) is 25.3 Å². The fourth-order valence-corrected chi connectivity index (χ4v) is 6.02. The average Bonchev–Trinajstić information content (AvgIpc) is 3.16. The third-order valence-electron chi connectivity index (χ3n) is 5.36. The molecule has 0 unspecified atom stereocenters. The Bertz CT molecular complexity index is 1190. The number of ether oxygens (including phenoxy) is 2. The molecule has 164 valence electrons. The number of hydrogen-bond donors (Lipinski definition) is 1. The Morgan fingerprint density at radius 2 is 2.00 bits per heavy atom. The topological polar surface area (TPSA) is 82.5 Å². The van der Waals surface area contributed by atoms with Crippen molar-refractivity contribution >= 4 is 44.9 Å². The molecule has 4 rings (SSSR count). The van der Waals surface area contributed by atoms with Gasteiger partial charge in [0.2, 0.25) is 5.91 Å². The fraction of sp³-hybridized carbons (Fsp3) is 0.409. The summed E-state index contributed by atoms with van der Waals surface area (Å²) in [7, 11) is 3.11.